The molecule has 0 aliphatic carbocycles. The number of aromatic hydroxyl groups is 1. The van der Waals surface area contributed by atoms with Crippen LogP contribution in [0.15, 0.2) is 40.8 Å². The van der Waals surface area contributed by atoms with E-state index in [2.05, 4.69) is 15.0 Å². The van der Waals surface area contributed by atoms with Crippen molar-refractivity contribution in [1.82, 2.24) is 9.97 Å². The van der Waals surface area contributed by atoms with Crippen LogP contribution in [-0.4, -0.2) is 32.4 Å². The van der Waals surface area contributed by atoms with E-state index in [0.717, 1.165) is 21.1 Å². The molecule has 6 nitrogen and oxygen atoms in total. The van der Waals surface area contributed by atoms with Crippen molar-refractivity contribution in [3.05, 3.63) is 52.5 Å². The van der Waals surface area contributed by atoms with Gasteiger partial charge in [-0.2, -0.15) is 0 Å². The number of benzene rings is 2. The number of carboxylic acid groups (broad SMARTS) is 1. The first-order chi connectivity index (χ1) is 12.0. The summed E-state index contributed by atoms with van der Waals surface area (Å²) in [6, 6.07) is 8.65. The summed E-state index contributed by atoms with van der Waals surface area (Å²) in [6.45, 7) is 1.73. The lowest BCUT2D eigenvalue weighted by Gasteiger charge is -2.01. The van der Waals surface area contributed by atoms with Crippen LogP contribution in [0.25, 0.3) is 21.1 Å². The van der Waals surface area contributed by atoms with E-state index in [1.807, 2.05) is 12.1 Å². The minimum absolute atomic E-state index is 0.0403. The highest BCUT2D eigenvalue weighted by atomic mass is 32.1. The van der Waals surface area contributed by atoms with Gasteiger partial charge in [-0.15, -0.1) is 11.3 Å². The third-order valence-corrected chi connectivity index (χ3v) is 4.92. The third-order valence-electron chi connectivity index (χ3n) is 4.06. The summed E-state index contributed by atoms with van der Waals surface area (Å²) in [5.74, 6) is -0.923. The van der Waals surface area contributed by atoms with Crippen molar-refractivity contribution in [3.63, 3.8) is 0 Å². The first kappa shape index (κ1) is 15.3. The van der Waals surface area contributed by atoms with E-state index in [0.29, 0.717) is 16.8 Å². The molecule has 2 aromatic heterocycles. The molecule has 124 valence electrons. The Morgan fingerprint density at radius 2 is 2.16 bits per heavy atom. The summed E-state index contributed by atoms with van der Waals surface area (Å²) in [5, 5.41) is 20.2. The highest BCUT2D eigenvalue weighted by molar-refractivity contribution is 7.17. The van der Waals surface area contributed by atoms with Crippen LogP contribution in [0.2, 0.25) is 0 Å². The minimum atomic E-state index is -0.963. The summed E-state index contributed by atoms with van der Waals surface area (Å²) in [7, 11) is 0. The number of thiazole rings is 1. The molecular weight excluding hydrogens is 338 g/mol. The van der Waals surface area contributed by atoms with Crippen LogP contribution in [0.3, 0.4) is 0 Å². The van der Waals surface area contributed by atoms with Gasteiger partial charge in [0, 0.05) is 11.6 Å². The molecule has 0 atom stereocenters. The Morgan fingerprint density at radius 1 is 1.32 bits per heavy atom. The Kier molecular flexibility index (Phi) is 3.51. The van der Waals surface area contributed by atoms with Gasteiger partial charge in [0.2, 0.25) is 0 Å². The molecule has 25 heavy (non-hydrogen) atoms. The van der Waals surface area contributed by atoms with E-state index < -0.39 is 5.97 Å². The summed E-state index contributed by atoms with van der Waals surface area (Å²) < 4.78 is 0.980. The molecule has 0 aliphatic rings. The van der Waals surface area contributed by atoms with Crippen molar-refractivity contribution in [2.24, 2.45) is 4.99 Å². The Labute approximate surface area is 146 Å². The third kappa shape index (κ3) is 2.54. The molecule has 7 heteroatoms. The molecule has 4 aromatic rings. The number of aryl methyl sites for hydroxylation is 1. The van der Waals surface area contributed by atoms with Crippen molar-refractivity contribution in [2.75, 3.05) is 0 Å². The second-order valence-electron chi connectivity index (χ2n) is 5.64. The fourth-order valence-electron chi connectivity index (χ4n) is 2.85. The van der Waals surface area contributed by atoms with Crippen LogP contribution < -0.4 is 0 Å². The number of carboxylic acids is 1. The number of hydrogen-bond donors (Lipinski definition) is 3. The Hall–Kier alpha value is -3.19. The van der Waals surface area contributed by atoms with Crippen LogP contribution in [-0.2, 0) is 0 Å². The minimum Gasteiger partial charge on any atom is -0.494 e. The summed E-state index contributed by atoms with van der Waals surface area (Å²) in [5.41, 5.74) is 5.54. The highest BCUT2D eigenvalue weighted by Crippen LogP contribution is 2.34. The van der Waals surface area contributed by atoms with Crippen molar-refractivity contribution >= 4 is 50.3 Å². The van der Waals surface area contributed by atoms with Crippen LogP contribution in [0.5, 0.6) is 5.88 Å². The molecule has 0 amide bonds. The van der Waals surface area contributed by atoms with Crippen molar-refractivity contribution in [1.29, 1.82) is 0 Å². The standard InChI is InChI=1S/C18H13N3O3S/c1-9-6-10(2-3-11(9)18(23)24)19-7-12-15-13(21-17(12)22)4-5-14-16(15)25-8-20-14/h2-8,21-22H,1H3,(H,23,24). The van der Waals surface area contributed by atoms with E-state index in [1.54, 1.807) is 30.8 Å². The van der Waals surface area contributed by atoms with Crippen LogP contribution in [0.4, 0.5) is 5.69 Å². The summed E-state index contributed by atoms with van der Waals surface area (Å²) >= 11 is 1.50. The zero-order valence-electron chi connectivity index (χ0n) is 13.1. The first-order valence-corrected chi connectivity index (χ1v) is 8.37. The number of carbonyl (C=O) groups is 1. The largest absolute Gasteiger partial charge is 0.494 e. The number of nitrogens with one attached hydrogen (secondary N) is 1. The molecule has 0 bridgehead atoms. The number of H-pyrrole nitrogens is 1. The second kappa shape index (κ2) is 5.71. The number of aromatic carboxylic acids is 1. The lowest BCUT2D eigenvalue weighted by atomic mass is 10.1. The average Bonchev–Trinajstić information content (AvgIpc) is 3.15. The number of nitrogens with zero attached hydrogens (tertiary/aromatic N) is 2. The number of aromatic amines is 1. The van der Waals surface area contributed by atoms with Gasteiger partial charge in [-0.3, -0.25) is 4.99 Å². The maximum Gasteiger partial charge on any atom is 0.335 e. The van der Waals surface area contributed by atoms with Crippen LogP contribution in [0, 0.1) is 6.92 Å². The SMILES string of the molecule is Cc1cc(N=Cc2c(O)[nH]c3ccc4ncsc4c23)ccc1C(=O)O. The second-order valence-corrected chi connectivity index (χ2v) is 6.49. The zero-order valence-corrected chi connectivity index (χ0v) is 14.0. The maximum atomic E-state index is 11.1. The quantitative estimate of drug-likeness (QED) is 0.481. The Bertz CT molecular complexity index is 1160. The van der Waals surface area contributed by atoms with E-state index >= 15 is 0 Å². The molecule has 0 aliphatic heterocycles. The van der Waals surface area contributed by atoms with E-state index in [9.17, 15) is 9.90 Å². The Balaban J connectivity index is 1.81. The predicted molar refractivity (Wildman–Crippen MR) is 98.5 cm³/mol. The number of aromatic nitrogens is 2. The topological polar surface area (TPSA) is 98.6 Å². The molecule has 0 fully saturated rings. The van der Waals surface area contributed by atoms with Crippen molar-refractivity contribution < 1.29 is 15.0 Å². The van der Waals surface area contributed by atoms with Gasteiger partial charge < -0.3 is 15.2 Å². The smallest absolute Gasteiger partial charge is 0.335 e. The van der Waals surface area contributed by atoms with Gasteiger partial charge in [0.1, 0.15) is 0 Å². The molecule has 0 saturated carbocycles. The molecule has 2 heterocycles. The number of aliphatic imine (C=N–C) groups is 1. The molecule has 0 radical (unpaired) electrons. The van der Waals surface area contributed by atoms with Gasteiger partial charge in [-0.25, -0.2) is 9.78 Å². The maximum absolute atomic E-state index is 11.1. The Morgan fingerprint density at radius 3 is 2.92 bits per heavy atom. The fraction of sp³-hybridized carbons (Fsp3) is 0.0556. The fourth-order valence-corrected chi connectivity index (χ4v) is 3.70. The number of rotatable bonds is 3. The predicted octanol–water partition coefficient (Wildman–Crippen LogP) is 4.24. The van der Waals surface area contributed by atoms with E-state index in [-0.39, 0.29) is 11.4 Å². The van der Waals surface area contributed by atoms with Gasteiger partial charge >= 0.3 is 5.97 Å². The first-order valence-electron chi connectivity index (χ1n) is 7.49. The molecule has 0 unspecified atom stereocenters. The van der Waals surface area contributed by atoms with E-state index in [1.165, 1.54) is 17.4 Å². The van der Waals surface area contributed by atoms with Crippen molar-refractivity contribution in [2.45, 2.75) is 6.92 Å². The molecule has 4 rings (SSSR count). The highest BCUT2D eigenvalue weighted by Gasteiger charge is 2.14. The van der Waals surface area contributed by atoms with Crippen molar-refractivity contribution in [3.8, 4) is 5.88 Å². The molecule has 3 N–H and O–H groups in total. The summed E-state index contributed by atoms with van der Waals surface area (Å²) in [4.78, 5) is 22.7. The summed E-state index contributed by atoms with van der Waals surface area (Å²) in [6.07, 6.45) is 1.59. The molecule has 2 aromatic carbocycles. The lowest BCUT2D eigenvalue weighted by molar-refractivity contribution is 0.0696. The molecular formula is C18H13N3O3S. The number of fused-ring (bicyclic) bond motifs is 3. The zero-order chi connectivity index (χ0) is 17.6. The number of hydrogen-bond acceptors (Lipinski definition) is 5. The molecule has 0 saturated heterocycles. The van der Waals surface area contributed by atoms with Crippen LogP contribution in [0.1, 0.15) is 21.5 Å². The molecule has 0 spiro atoms. The lowest BCUT2D eigenvalue weighted by Crippen LogP contribution is -1.98. The van der Waals surface area contributed by atoms with Gasteiger partial charge in [-0.1, -0.05) is 0 Å². The normalized spacial score (nSPS) is 11.7. The van der Waals surface area contributed by atoms with Gasteiger partial charge in [-0.05, 0) is 42.8 Å². The van der Waals surface area contributed by atoms with Crippen LogP contribution >= 0.6 is 11.3 Å². The monoisotopic (exact) mass is 351 g/mol. The average molecular weight is 351 g/mol. The van der Waals surface area contributed by atoms with Gasteiger partial charge in [0.15, 0.2) is 5.88 Å². The van der Waals surface area contributed by atoms with Gasteiger partial charge in [0.25, 0.3) is 0 Å². The van der Waals surface area contributed by atoms with Gasteiger partial charge in [0.05, 0.1) is 38.1 Å². The van der Waals surface area contributed by atoms with E-state index in [4.69, 9.17) is 5.11 Å².